The first kappa shape index (κ1) is 14.3. The summed E-state index contributed by atoms with van der Waals surface area (Å²) in [6.07, 6.45) is 1.89. The summed E-state index contributed by atoms with van der Waals surface area (Å²) in [5.41, 5.74) is 3.23. The molecule has 0 N–H and O–H groups in total. The fraction of sp³-hybridized carbons (Fsp3) is 0.222. The van der Waals surface area contributed by atoms with Crippen molar-refractivity contribution in [1.29, 1.82) is 0 Å². The zero-order chi connectivity index (χ0) is 15.7. The Balaban J connectivity index is 2.27. The Morgan fingerprint density at radius 1 is 1.14 bits per heavy atom. The van der Waals surface area contributed by atoms with E-state index in [1.54, 1.807) is 7.11 Å². The second-order valence-corrected chi connectivity index (χ2v) is 5.21. The second kappa shape index (κ2) is 5.64. The molecule has 3 rings (SSSR count). The van der Waals surface area contributed by atoms with Gasteiger partial charge in [-0.2, -0.15) is 0 Å². The van der Waals surface area contributed by atoms with E-state index in [0.29, 0.717) is 10.9 Å². The van der Waals surface area contributed by atoms with E-state index in [4.69, 9.17) is 4.74 Å². The lowest BCUT2D eigenvalue weighted by Crippen LogP contribution is -2.13. The summed E-state index contributed by atoms with van der Waals surface area (Å²) in [5, 5.41) is 0.653. The third kappa shape index (κ3) is 2.37. The van der Waals surface area contributed by atoms with Crippen molar-refractivity contribution in [2.45, 2.75) is 20.4 Å². The van der Waals surface area contributed by atoms with Crippen LogP contribution >= 0.6 is 0 Å². The van der Waals surface area contributed by atoms with Gasteiger partial charge in [-0.3, -0.25) is 4.79 Å². The predicted octanol–water partition coefficient (Wildman–Crippen LogP) is 3.40. The number of rotatable bonds is 3. The van der Waals surface area contributed by atoms with E-state index in [-0.39, 0.29) is 5.43 Å². The molecule has 0 unspecified atom stereocenters. The molecule has 2 aromatic heterocycles. The maximum Gasteiger partial charge on any atom is 0.198 e. The molecule has 0 saturated heterocycles. The van der Waals surface area contributed by atoms with Crippen LogP contribution in [0.15, 0.2) is 47.4 Å². The van der Waals surface area contributed by atoms with E-state index in [0.717, 1.165) is 29.2 Å². The van der Waals surface area contributed by atoms with Gasteiger partial charge in [0.05, 0.1) is 12.5 Å². The average Bonchev–Trinajstić information content (AvgIpc) is 2.55. The molecule has 4 heteroatoms. The van der Waals surface area contributed by atoms with Gasteiger partial charge in [-0.15, -0.1) is 0 Å². The highest BCUT2D eigenvalue weighted by atomic mass is 16.5. The number of fused-ring (bicyclic) bond motifs is 1. The predicted molar refractivity (Wildman–Crippen MR) is 88.4 cm³/mol. The van der Waals surface area contributed by atoms with Gasteiger partial charge in [0.2, 0.25) is 0 Å². The minimum absolute atomic E-state index is 0.0115. The molecule has 4 nitrogen and oxygen atoms in total. The van der Waals surface area contributed by atoms with Gasteiger partial charge < -0.3 is 9.30 Å². The van der Waals surface area contributed by atoms with Crippen molar-refractivity contribution < 1.29 is 4.74 Å². The van der Waals surface area contributed by atoms with Gasteiger partial charge in [-0.1, -0.05) is 12.1 Å². The molecule has 0 radical (unpaired) electrons. The highest BCUT2D eigenvalue weighted by Gasteiger charge is 2.11. The van der Waals surface area contributed by atoms with Crippen LogP contribution in [0.1, 0.15) is 12.6 Å². The van der Waals surface area contributed by atoms with Crippen LogP contribution in [0.2, 0.25) is 0 Å². The quantitative estimate of drug-likeness (QED) is 0.743. The molecule has 0 bridgehead atoms. The highest BCUT2D eigenvalue weighted by Crippen LogP contribution is 2.22. The largest absolute Gasteiger partial charge is 0.497 e. The monoisotopic (exact) mass is 294 g/mol. The van der Waals surface area contributed by atoms with Gasteiger partial charge in [0, 0.05) is 24.0 Å². The van der Waals surface area contributed by atoms with Crippen LogP contribution in [-0.4, -0.2) is 16.7 Å². The molecule has 0 aliphatic heterocycles. The third-order valence-electron chi connectivity index (χ3n) is 3.80. The zero-order valence-electron chi connectivity index (χ0n) is 13.0. The van der Waals surface area contributed by atoms with Crippen LogP contribution in [0.5, 0.6) is 5.75 Å². The van der Waals surface area contributed by atoms with Gasteiger partial charge in [0.25, 0.3) is 0 Å². The molecule has 0 aliphatic carbocycles. The number of aryl methyl sites for hydroxylation is 2. The number of hydrogen-bond donors (Lipinski definition) is 0. The smallest absolute Gasteiger partial charge is 0.198 e. The SMILES string of the molecule is CCn1cc(-c2ccc(OC)cc2)c(=O)c2ccc(C)nc21. The summed E-state index contributed by atoms with van der Waals surface area (Å²) in [6.45, 7) is 4.74. The number of pyridine rings is 2. The number of hydrogen-bond acceptors (Lipinski definition) is 3. The number of benzene rings is 1. The minimum Gasteiger partial charge on any atom is -0.497 e. The van der Waals surface area contributed by atoms with Crippen LogP contribution < -0.4 is 10.2 Å². The van der Waals surface area contributed by atoms with E-state index in [2.05, 4.69) is 4.98 Å². The summed E-state index contributed by atoms with van der Waals surface area (Å²) in [5.74, 6) is 0.776. The van der Waals surface area contributed by atoms with Gasteiger partial charge in [0.15, 0.2) is 5.43 Å². The van der Waals surface area contributed by atoms with E-state index in [9.17, 15) is 4.79 Å². The molecular formula is C18H18N2O2. The highest BCUT2D eigenvalue weighted by molar-refractivity contribution is 5.81. The standard InChI is InChI=1S/C18H18N2O2/c1-4-20-11-16(13-6-8-14(22-3)9-7-13)17(21)15-10-5-12(2)19-18(15)20/h5-11H,4H2,1-3H3. The Kier molecular flexibility index (Phi) is 3.67. The molecule has 112 valence electrons. The van der Waals surface area contributed by atoms with Crippen LogP contribution in [0.3, 0.4) is 0 Å². The van der Waals surface area contributed by atoms with Crippen molar-refractivity contribution in [3.05, 3.63) is 58.5 Å². The molecule has 0 spiro atoms. The van der Waals surface area contributed by atoms with Gasteiger partial charge in [-0.05, 0) is 43.7 Å². The van der Waals surface area contributed by atoms with Gasteiger partial charge in [-0.25, -0.2) is 4.98 Å². The molecule has 0 aliphatic rings. The van der Waals surface area contributed by atoms with Crippen molar-refractivity contribution >= 4 is 11.0 Å². The van der Waals surface area contributed by atoms with E-state index in [1.165, 1.54) is 0 Å². The van der Waals surface area contributed by atoms with E-state index in [1.807, 2.05) is 61.0 Å². The lowest BCUT2D eigenvalue weighted by Gasteiger charge is -2.11. The molecule has 0 atom stereocenters. The molecule has 0 amide bonds. The number of aromatic nitrogens is 2. The third-order valence-corrected chi connectivity index (χ3v) is 3.80. The summed E-state index contributed by atoms with van der Waals surface area (Å²) < 4.78 is 7.19. The lowest BCUT2D eigenvalue weighted by molar-refractivity contribution is 0.415. The average molecular weight is 294 g/mol. The van der Waals surface area contributed by atoms with Crippen molar-refractivity contribution in [3.63, 3.8) is 0 Å². The Bertz CT molecular complexity index is 880. The first-order valence-electron chi connectivity index (χ1n) is 7.29. The Morgan fingerprint density at radius 3 is 2.50 bits per heavy atom. The Labute approximate surface area is 129 Å². The molecule has 3 aromatic rings. The summed E-state index contributed by atoms with van der Waals surface area (Å²) in [7, 11) is 1.63. The summed E-state index contributed by atoms with van der Waals surface area (Å²) >= 11 is 0. The van der Waals surface area contributed by atoms with Crippen molar-refractivity contribution in [3.8, 4) is 16.9 Å². The second-order valence-electron chi connectivity index (χ2n) is 5.21. The Hall–Kier alpha value is -2.62. The molecular weight excluding hydrogens is 276 g/mol. The number of methoxy groups -OCH3 is 1. The molecule has 1 aromatic carbocycles. The minimum atomic E-state index is 0.0115. The molecule has 2 heterocycles. The zero-order valence-corrected chi connectivity index (χ0v) is 13.0. The van der Waals surface area contributed by atoms with Crippen LogP contribution in [0.25, 0.3) is 22.2 Å². The van der Waals surface area contributed by atoms with Crippen LogP contribution in [-0.2, 0) is 6.54 Å². The van der Waals surface area contributed by atoms with E-state index < -0.39 is 0 Å². The molecule has 0 saturated carbocycles. The van der Waals surface area contributed by atoms with Crippen LogP contribution in [0, 0.1) is 6.92 Å². The van der Waals surface area contributed by atoms with Gasteiger partial charge >= 0.3 is 0 Å². The van der Waals surface area contributed by atoms with Crippen molar-refractivity contribution in [2.24, 2.45) is 0 Å². The number of ether oxygens (including phenoxy) is 1. The first-order valence-corrected chi connectivity index (χ1v) is 7.29. The fourth-order valence-corrected chi connectivity index (χ4v) is 2.58. The molecule has 22 heavy (non-hydrogen) atoms. The summed E-state index contributed by atoms with van der Waals surface area (Å²) in [6, 6.07) is 11.3. The Morgan fingerprint density at radius 2 is 1.86 bits per heavy atom. The summed E-state index contributed by atoms with van der Waals surface area (Å²) in [4.78, 5) is 17.3. The van der Waals surface area contributed by atoms with Crippen molar-refractivity contribution in [2.75, 3.05) is 7.11 Å². The maximum absolute atomic E-state index is 12.8. The van der Waals surface area contributed by atoms with E-state index >= 15 is 0 Å². The van der Waals surface area contributed by atoms with Gasteiger partial charge in [0.1, 0.15) is 11.4 Å². The van der Waals surface area contributed by atoms with Crippen molar-refractivity contribution in [1.82, 2.24) is 9.55 Å². The number of nitrogens with zero attached hydrogens (tertiary/aromatic N) is 2. The topological polar surface area (TPSA) is 44.1 Å². The lowest BCUT2D eigenvalue weighted by atomic mass is 10.1. The van der Waals surface area contributed by atoms with Crippen LogP contribution in [0.4, 0.5) is 0 Å². The normalized spacial score (nSPS) is 10.9. The fourth-order valence-electron chi connectivity index (χ4n) is 2.58. The molecule has 0 fully saturated rings. The first-order chi connectivity index (χ1) is 10.6. The maximum atomic E-state index is 12.8.